The minimum absolute atomic E-state index is 0.0511. The molecule has 0 saturated heterocycles. The second kappa shape index (κ2) is 8.48. The molecule has 0 spiro atoms. The largest absolute Gasteiger partial charge is 0.352 e. The van der Waals surface area contributed by atoms with Crippen molar-refractivity contribution in [1.82, 2.24) is 20.1 Å². The van der Waals surface area contributed by atoms with Crippen molar-refractivity contribution in [3.63, 3.8) is 0 Å². The summed E-state index contributed by atoms with van der Waals surface area (Å²) in [6.07, 6.45) is 7.83. The number of nitrogens with zero attached hydrogens (tertiary/aromatic N) is 3. The Morgan fingerprint density at radius 2 is 2.00 bits per heavy atom. The third kappa shape index (κ3) is 5.19. The molecule has 0 aliphatic carbocycles. The van der Waals surface area contributed by atoms with E-state index < -0.39 is 0 Å². The molecule has 0 aliphatic heterocycles. The number of aromatic nitrogens is 3. The highest BCUT2D eigenvalue weighted by atomic mass is 32.2. The van der Waals surface area contributed by atoms with Crippen LogP contribution in [0.4, 0.5) is 0 Å². The molecule has 0 saturated carbocycles. The molecule has 5 nitrogen and oxygen atoms in total. The zero-order valence-electron chi connectivity index (χ0n) is 14.1. The van der Waals surface area contributed by atoms with E-state index in [4.69, 9.17) is 0 Å². The smallest absolute Gasteiger partial charge is 0.221 e. The molecular weight excluding hydrogens is 332 g/mol. The lowest BCUT2D eigenvalue weighted by Gasteiger charge is -2.06. The third-order valence-corrected chi connectivity index (χ3v) is 4.68. The summed E-state index contributed by atoms with van der Waals surface area (Å²) in [7, 11) is 1.88. The lowest BCUT2D eigenvalue weighted by atomic mass is 10.1. The summed E-state index contributed by atoms with van der Waals surface area (Å²) in [5.74, 6) is 0.819. The number of nitrogens with one attached hydrogen (secondary N) is 1. The monoisotopic (exact) mass is 352 g/mol. The van der Waals surface area contributed by atoms with E-state index in [0.717, 1.165) is 22.4 Å². The number of benzene rings is 1. The molecule has 128 valence electrons. The van der Waals surface area contributed by atoms with Gasteiger partial charge in [-0.05, 0) is 23.8 Å². The molecule has 2 heterocycles. The molecule has 1 aromatic carbocycles. The number of aryl methyl sites for hydroxylation is 1. The summed E-state index contributed by atoms with van der Waals surface area (Å²) in [6, 6.07) is 12.1. The Morgan fingerprint density at radius 1 is 1.16 bits per heavy atom. The Kier molecular flexibility index (Phi) is 5.85. The van der Waals surface area contributed by atoms with Gasteiger partial charge in [0.1, 0.15) is 0 Å². The van der Waals surface area contributed by atoms with Crippen LogP contribution in [0.15, 0.2) is 66.1 Å². The molecule has 0 aliphatic rings. The Morgan fingerprint density at radius 3 is 2.76 bits per heavy atom. The van der Waals surface area contributed by atoms with Crippen molar-refractivity contribution in [2.75, 3.05) is 5.75 Å². The minimum Gasteiger partial charge on any atom is -0.352 e. The zero-order chi connectivity index (χ0) is 17.5. The Bertz CT molecular complexity index is 832. The van der Waals surface area contributed by atoms with E-state index in [2.05, 4.69) is 27.5 Å². The van der Waals surface area contributed by atoms with E-state index >= 15 is 0 Å². The second-order valence-corrected chi connectivity index (χ2v) is 6.84. The van der Waals surface area contributed by atoms with Crippen LogP contribution >= 0.6 is 11.8 Å². The van der Waals surface area contributed by atoms with Gasteiger partial charge in [0.2, 0.25) is 5.91 Å². The van der Waals surface area contributed by atoms with Gasteiger partial charge < -0.3 is 5.32 Å². The van der Waals surface area contributed by atoms with Gasteiger partial charge >= 0.3 is 0 Å². The van der Waals surface area contributed by atoms with Crippen LogP contribution in [0.1, 0.15) is 12.0 Å². The molecule has 3 rings (SSSR count). The Balaban J connectivity index is 1.47. The maximum absolute atomic E-state index is 12.0. The van der Waals surface area contributed by atoms with Gasteiger partial charge in [-0.2, -0.15) is 5.10 Å². The van der Waals surface area contributed by atoms with Crippen LogP contribution < -0.4 is 5.32 Å². The normalized spacial score (nSPS) is 10.6. The van der Waals surface area contributed by atoms with E-state index in [1.807, 2.05) is 37.5 Å². The first-order valence-electron chi connectivity index (χ1n) is 8.08. The number of hydrogen-bond donors (Lipinski definition) is 1. The van der Waals surface area contributed by atoms with Crippen LogP contribution in [0.25, 0.3) is 11.1 Å². The average molecular weight is 352 g/mol. The number of carbonyl (C=O) groups excluding carboxylic acids is 1. The maximum atomic E-state index is 12.0. The highest BCUT2D eigenvalue weighted by molar-refractivity contribution is 7.99. The van der Waals surface area contributed by atoms with Gasteiger partial charge in [0.25, 0.3) is 0 Å². The predicted molar refractivity (Wildman–Crippen MR) is 100 cm³/mol. The molecule has 1 amide bonds. The average Bonchev–Trinajstić information content (AvgIpc) is 3.08. The van der Waals surface area contributed by atoms with E-state index in [1.165, 1.54) is 4.90 Å². The standard InChI is InChI=1S/C19H20N4OS/c1-23-14-17(13-22-23)16-9-15(10-20-12-16)11-21-19(24)7-8-25-18-5-3-2-4-6-18/h2-6,9-10,12-14H,7-8,11H2,1H3,(H,21,24). The lowest BCUT2D eigenvalue weighted by molar-refractivity contribution is -0.120. The van der Waals surface area contributed by atoms with Crippen molar-refractivity contribution in [2.24, 2.45) is 7.05 Å². The zero-order valence-corrected chi connectivity index (χ0v) is 14.9. The highest BCUT2D eigenvalue weighted by Crippen LogP contribution is 2.19. The van der Waals surface area contributed by atoms with Crippen molar-refractivity contribution in [3.8, 4) is 11.1 Å². The topological polar surface area (TPSA) is 59.8 Å². The third-order valence-electron chi connectivity index (χ3n) is 3.66. The van der Waals surface area contributed by atoms with Crippen LogP contribution in [0.2, 0.25) is 0 Å². The summed E-state index contributed by atoms with van der Waals surface area (Å²) in [4.78, 5) is 17.4. The highest BCUT2D eigenvalue weighted by Gasteiger charge is 2.05. The van der Waals surface area contributed by atoms with Crippen LogP contribution in [0.3, 0.4) is 0 Å². The first-order chi connectivity index (χ1) is 12.2. The van der Waals surface area contributed by atoms with Crippen LogP contribution in [0.5, 0.6) is 0 Å². The number of thioether (sulfide) groups is 1. The first kappa shape index (κ1) is 17.2. The predicted octanol–water partition coefficient (Wildman–Crippen LogP) is 3.28. The van der Waals surface area contributed by atoms with Crippen molar-refractivity contribution in [3.05, 3.63) is 66.7 Å². The molecule has 0 bridgehead atoms. The van der Waals surface area contributed by atoms with Gasteiger partial charge in [-0.3, -0.25) is 14.5 Å². The summed E-state index contributed by atoms with van der Waals surface area (Å²) in [5, 5.41) is 7.13. The minimum atomic E-state index is 0.0511. The van der Waals surface area contributed by atoms with Crippen LogP contribution in [-0.2, 0) is 18.4 Å². The maximum Gasteiger partial charge on any atom is 0.221 e. The quantitative estimate of drug-likeness (QED) is 0.663. The number of hydrogen-bond acceptors (Lipinski definition) is 4. The van der Waals surface area contributed by atoms with Crippen LogP contribution in [0, 0.1) is 0 Å². The summed E-state index contributed by atoms with van der Waals surface area (Å²) in [5.41, 5.74) is 2.99. The Hall–Kier alpha value is -2.60. The van der Waals surface area contributed by atoms with Crippen molar-refractivity contribution in [1.29, 1.82) is 0 Å². The molecule has 6 heteroatoms. The van der Waals surface area contributed by atoms with Crippen molar-refractivity contribution in [2.45, 2.75) is 17.9 Å². The number of carbonyl (C=O) groups is 1. The van der Waals surface area contributed by atoms with Gasteiger partial charge in [0, 0.05) is 60.4 Å². The first-order valence-corrected chi connectivity index (χ1v) is 9.07. The molecule has 0 fully saturated rings. The van der Waals surface area contributed by atoms with Crippen molar-refractivity contribution >= 4 is 17.7 Å². The number of rotatable bonds is 7. The Labute approximate surface area is 151 Å². The number of amides is 1. The fourth-order valence-electron chi connectivity index (χ4n) is 2.38. The van der Waals surface area contributed by atoms with Crippen LogP contribution in [-0.4, -0.2) is 26.4 Å². The lowest BCUT2D eigenvalue weighted by Crippen LogP contribution is -2.23. The van der Waals surface area contributed by atoms with Gasteiger partial charge in [-0.1, -0.05) is 18.2 Å². The van der Waals surface area contributed by atoms with E-state index in [9.17, 15) is 4.79 Å². The molecule has 3 aromatic rings. The van der Waals surface area contributed by atoms with E-state index in [1.54, 1.807) is 35.0 Å². The summed E-state index contributed by atoms with van der Waals surface area (Å²) < 4.78 is 1.76. The molecule has 25 heavy (non-hydrogen) atoms. The van der Waals surface area contributed by atoms with E-state index in [-0.39, 0.29) is 5.91 Å². The molecule has 0 unspecified atom stereocenters. The second-order valence-electron chi connectivity index (χ2n) is 5.67. The molecule has 0 radical (unpaired) electrons. The van der Waals surface area contributed by atoms with Gasteiger partial charge in [-0.15, -0.1) is 11.8 Å². The number of pyridine rings is 1. The summed E-state index contributed by atoms with van der Waals surface area (Å²) in [6.45, 7) is 0.482. The molecule has 1 N–H and O–H groups in total. The molecule has 2 aromatic heterocycles. The van der Waals surface area contributed by atoms with E-state index in [0.29, 0.717) is 13.0 Å². The summed E-state index contributed by atoms with van der Waals surface area (Å²) >= 11 is 1.69. The van der Waals surface area contributed by atoms with Gasteiger partial charge in [-0.25, -0.2) is 0 Å². The van der Waals surface area contributed by atoms with Crippen molar-refractivity contribution < 1.29 is 4.79 Å². The van der Waals surface area contributed by atoms with Gasteiger partial charge in [0.05, 0.1) is 6.20 Å². The molecular formula is C19H20N4OS. The molecule has 0 atom stereocenters. The fourth-order valence-corrected chi connectivity index (χ4v) is 3.25. The SMILES string of the molecule is Cn1cc(-c2cncc(CNC(=O)CCSc3ccccc3)c2)cn1. The van der Waals surface area contributed by atoms with Gasteiger partial charge in [0.15, 0.2) is 0 Å². The fraction of sp³-hybridized carbons (Fsp3) is 0.211.